The molecule has 0 spiro atoms. The summed E-state index contributed by atoms with van der Waals surface area (Å²) < 4.78 is 5.17. The summed E-state index contributed by atoms with van der Waals surface area (Å²) in [5, 5.41) is 9.72. The van der Waals surface area contributed by atoms with Gasteiger partial charge in [0.15, 0.2) is 0 Å². The molecule has 1 aliphatic heterocycles. The summed E-state index contributed by atoms with van der Waals surface area (Å²) in [5.41, 5.74) is 4.80. The Labute approximate surface area is 182 Å². The van der Waals surface area contributed by atoms with Gasteiger partial charge in [0.2, 0.25) is 5.88 Å². The van der Waals surface area contributed by atoms with E-state index in [0.717, 1.165) is 24.3 Å². The number of methoxy groups -OCH3 is 1. The van der Waals surface area contributed by atoms with Crippen LogP contribution >= 0.6 is 0 Å². The van der Waals surface area contributed by atoms with Crippen LogP contribution in [0.4, 0.5) is 11.5 Å². The molecule has 1 aromatic carbocycles. The van der Waals surface area contributed by atoms with Gasteiger partial charge in [-0.15, -0.1) is 0 Å². The van der Waals surface area contributed by atoms with E-state index in [1.807, 2.05) is 18.2 Å². The first kappa shape index (κ1) is 20.8. The molecule has 0 radical (unpaired) electrons. The number of carbonyl (C=O) groups is 1. The number of benzene rings is 1. The fourth-order valence-corrected chi connectivity index (χ4v) is 3.83. The van der Waals surface area contributed by atoms with Crippen molar-refractivity contribution < 1.29 is 9.53 Å². The van der Waals surface area contributed by atoms with Gasteiger partial charge in [-0.1, -0.05) is 19.9 Å². The topological polar surface area (TPSA) is 88.2 Å². The van der Waals surface area contributed by atoms with Crippen LogP contribution in [0.2, 0.25) is 0 Å². The fraction of sp³-hybridized carbons (Fsp3) is 0.292. The maximum Gasteiger partial charge on any atom is 0.259 e. The van der Waals surface area contributed by atoms with Gasteiger partial charge in [0.25, 0.3) is 5.91 Å². The summed E-state index contributed by atoms with van der Waals surface area (Å²) in [7, 11) is 1.58. The van der Waals surface area contributed by atoms with E-state index in [4.69, 9.17) is 4.74 Å². The predicted octanol–water partition coefficient (Wildman–Crippen LogP) is 3.73. The number of carbonyl (C=O) groups excluding carboxylic acids is 1. The Morgan fingerprint density at radius 1 is 1.16 bits per heavy atom. The Bertz CT molecular complexity index is 1100. The van der Waals surface area contributed by atoms with E-state index in [0.29, 0.717) is 23.8 Å². The molecule has 2 aromatic heterocycles. The molecular weight excluding hydrogens is 390 g/mol. The van der Waals surface area contributed by atoms with Gasteiger partial charge in [0, 0.05) is 49.2 Å². The highest BCUT2D eigenvalue weighted by molar-refractivity contribution is 6.07. The van der Waals surface area contributed by atoms with Crippen LogP contribution in [0.3, 0.4) is 0 Å². The van der Waals surface area contributed by atoms with Crippen molar-refractivity contribution in [3.63, 3.8) is 0 Å². The van der Waals surface area contributed by atoms with E-state index >= 15 is 0 Å². The van der Waals surface area contributed by atoms with Crippen LogP contribution in [-0.2, 0) is 18.5 Å². The van der Waals surface area contributed by atoms with Crippen LogP contribution in [-0.4, -0.2) is 29.5 Å². The van der Waals surface area contributed by atoms with Crippen molar-refractivity contribution in [1.29, 1.82) is 0 Å². The predicted molar refractivity (Wildman–Crippen MR) is 121 cm³/mol. The molecule has 0 aliphatic carbocycles. The van der Waals surface area contributed by atoms with Crippen LogP contribution in [0.1, 0.15) is 40.9 Å². The second kappa shape index (κ2) is 8.73. The number of pyridine rings is 2. The van der Waals surface area contributed by atoms with E-state index < -0.39 is 0 Å². The third-order valence-electron chi connectivity index (χ3n) is 5.50. The number of hydrogen-bond acceptors (Lipinski definition) is 6. The first-order chi connectivity index (χ1) is 15.0. The smallest absolute Gasteiger partial charge is 0.259 e. The van der Waals surface area contributed by atoms with E-state index in [1.165, 1.54) is 11.1 Å². The molecule has 0 bridgehead atoms. The lowest BCUT2D eigenvalue weighted by Crippen LogP contribution is -2.38. The van der Waals surface area contributed by atoms with Gasteiger partial charge in [-0.2, -0.15) is 0 Å². The summed E-state index contributed by atoms with van der Waals surface area (Å²) in [6.07, 6.45) is 3.36. The third-order valence-corrected chi connectivity index (χ3v) is 5.50. The van der Waals surface area contributed by atoms with E-state index in [-0.39, 0.29) is 11.3 Å². The average Bonchev–Trinajstić information content (AvgIpc) is 2.78. The summed E-state index contributed by atoms with van der Waals surface area (Å²) in [6, 6.07) is 13.4. The van der Waals surface area contributed by atoms with Gasteiger partial charge < -0.3 is 20.7 Å². The minimum Gasteiger partial charge on any atom is -0.481 e. The summed E-state index contributed by atoms with van der Waals surface area (Å²) in [4.78, 5) is 21.5. The molecule has 0 saturated carbocycles. The molecule has 31 heavy (non-hydrogen) atoms. The van der Waals surface area contributed by atoms with E-state index in [2.05, 4.69) is 51.9 Å². The molecule has 1 aliphatic rings. The molecule has 1 amide bonds. The van der Waals surface area contributed by atoms with Crippen molar-refractivity contribution in [2.75, 3.05) is 24.3 Å². The van der Waals surface area contributed by atoms with Crippen LogP contribution in [0.5, 0.6) is 5.88 Å². The number of amides is 1. The normalized spacial score (nSPS) is 14.4. The molecule has 0 unspecified atom stereocenters. The molecule has 7 heteroatoms. The molecule has 7 nitrogen and oxygen atoms in total. The Kier molecular flexibility index (Phi) is 5.86. The molecule has 3 aromatic rings. The highest BCUT2D eigenvalue weighted by atomic mass is 16.5. The highest BCUT2D eigenvalue weighted by Gasteiger charge is 2.27. The van der Waals surface area contributed by atoms with Crippen LogP contribution in [0, 0.1) is 0 Å². The molecule has 3 N–H and O–H groups in total. The van der Waals surface area contributed by atoms with Crippen molar-refractivity contribution >= 4 is 17.4 Å². The van der Waals surface area contributed by atoms with Gasteiger partial charge in [0.1, 0.15) is 5.82 Å². The van der Waals surface area contributed by atoms with Crippen molar-refractivity contribution in [2.45, 2.75) is 32.4 Å². The van der Waals surface area contributed by atoms with Crippen LogP contribution in [0.25, 0.3) is 0 Å². The summed E-state index contributed by atoms with van der Waals surface area (Å²) in [6.45, 7) is 6.68. The first-order valence-corrected chi connectivity index (χ1v) is 10.3. The lowest BCUT2D eigenvalue weighted by atomic mass is 9.79. The van der Waals surface area contributed by atoms with Gasteiger partial charge in [-0.3, -0.25) is 4.79 Å². The zero-order chi connectivity index (χ0) is 21.8. The number of aromatic nitrogens is 2. The molecular formula is C24H27N5O2. The number of ether oxygens (including phenoxy) is 1. The van der Waals surface area contributed by atoms with E-state index in [9.17, 15) is 4.79 Å². The number of rotatable bonds is 6. The van der Waals surface area contributed by atoms with Crippen molar-refractivity contribution in [3.05, 3.63) is 77.1 Å². The summed E-state index contributed by atoms with van der Waals surface area (Å²) in [5.74, 6) is 0.872. The average molecular weight is 418 g/mol. The van der Waals surface area contributed by atoms with Gasteiger partial charge in [-0.05, 0) is 47.0 Å². The Morgan fingerprint density at radius 3 is 2.87 bits per heavy atom. The summed E-state index contributed by atoms with van der Waals surface area (Å²) >= 11 is 0. The monoisotopic (exact) mass is 417 g/mol. The SMILES string of the molecule is COc1cc(CNc2ncccc2C(=O)Nc2ccc3c(c2)C(C)(C)CNC3)ccn1. The maximum absolute atomic E-state index is 13.0. The van der Waals surface area contributed by atoms with Crippen molar-refractivity contribution in [2.24, 2.45) is 0 Å². The number of fused-ring (bicyclic) bond motifs is 1. The largest absolute Gasteiger partial charge is 0.481 e. The van der Waals surface area contributed by atoms with Crippen LogP contribution in [0.15, 0.2) is 54.9 Å². The van der Waals surface area contributed by atoms with Gasteiger partial charge in [-0.25, -0.2) is 9.97 Å². The second-order valence-electron chi connectivity index (χ2n) is 8.27. The maximum atomic E-state index is 13.0. The Balaban J connectivity index is 1.51. The quantitative estimate of drug-likeness (QED) is 0.566. The lowest BCUT2D eigenvalue weighted by molar-refractivity contribution is 0.102. The molecule has 4 rings (SSSR count). The number of nitrogens with zero attached hydrogens (tertiary/aromatic N) is 2. The molecule has 3 heterocycles. The lowest BCUT2D eigenvalue weighted by Gasteiger charge is -2.33. The Hall–Kier alpha value is -3.45. The van der Waals surface area contributed by atoms with Gasteiger partial charge in [0.05, 0.1) is 12.7 Å². The van der Waals surface area contributed by atoms with Crippen molar-refractivity contribution in [3.8, 4) is 5.88 Å². The minimum absolute atomic E-state index is 0.0148. The zero-order valence-electron chi connectivity index (χ0n) is 18.0. The second-order valence-corrected chi connectivity index (χ2v) is 8.27. The molecule has 160 valence electrons. The zero-order valence-corrected chi connectivity index (χ0v) is 18.0. The number of nitrogens with one attached hydrogen (secondary N) is 3. The number of anilines is 2. The minimum atomic E-state index is -0.199. The number of hydrogen-bond donors (Lipinski definition) is 3. The standard InChI is InChI=1S/C24H27N5O2/c1-24(2)15-25-14-17-6-7-18(12-20(17)24)29-23(30)19-5-4-9-27-22(19)28-13-16-8-10-26-21(11-16)31-3/h4-12,25H,13-15H2,1-3H3,(H,27,28)(H,29,30). The molecule has 0 atom stereocenters. The fourth-order valence-electron chi connectivity index (χ4n) is 3.83. The third kappa shape index (κ3) is 4.67. The molecule has 0 saturated heterocycles. The molecule has 0 fully saturated rings. The highest BCUT2D eigenvalue weighted by Crippen LogP contribution is 2.32. The Morgan fingerprint density at radius 2 is 2.03 bits per heavy atom. The van der Waals surface area contributed by atoms with Crippen LogP contribution < -0.4 is 20.7 Å². The van der Waals surface area contributed by atoms with Crippen molar-refractivity contribution in [1.82, 2.24) is 15.3 Å². The van der Waals surface area contributed by atoms with E-state index in [1.54, 1.807) is 31.6 Å². The first-order valence-electron chi connectivity index (χ1n) is 10.3. The van der Waals surface area contributed by atoms with Gasteiger partial charge >= 0.3 is 0 Å².